The first-order valence-electron chi connectivity index (χ1n) is 11.2. The van der Waals surface area contributed by atoms with Gasteiger partial charge in [-0.15, -0.1) is 0 Å². The quantitative estimate of drug-likeness (QED) is 0.618. The number of fused-ring (bicyclic) bond motifs is 1. The normalized spacial score (nSPS) is 16.7. The van der Waals surface area contributed by atoms with Crippen LogP contribution in [0.3, 0.4) is 0 Å². The number of carbonyl (C=O) groups excluding carboxylic acids is 3. The van der Waals surface area contributed by atoms with Gasteiger partial charge in [0.1, 0.15) is 28.4 Å². The minimum Gasteiger partial charge on any atom is -0.496 e. The monoisotopic (exact) mass is 451 g/mol. The largest absolute Gasteiger partial charge is 0.496 e. The molecular weight excluding hydrogens is 422 g/mol. The van der Waals surface area contributed by atoms with Gasteiger partial charge in [0.05, 0.1) is 20.6 Å². The summed E-state index contributed by atoms with van der Waals surface area (Å²) in [5, 5.41) is 0. The second kappa shape index (κ2) is 9.25. The number of ether oxygens (including phenoxy) is 3. The molecule has 0 saturated carbocycles. The molecule has 1 fully saturated rings. The van der Waals surface area contributed by atoms with E-state index < -0.39 is 5.60 Å². The van der Waals surface area contributed by atoms with Crippen molar-refractivity contribution in [3.63, 3.8) is 0 Å². The van der Waals surface area contributed by atoms with Crippen LogP contribution in [0.15, 0.2) is 36.4 Å². The highest BCUT2D eigenvalue weighted by molar-refractivity contribution is 6.03. The van der Waals surface area contributed by atoms with Crippen LogP contribution in [0.1, 0.15) is 58.4 Å². The molecule has 7 heteroatoms. The first-order valence-corrected chi connectivity index (χ1v) is 11.2. The lowest BCUT2D eigenvalue weighted by Gasteiger charge is -2.44. The van der Waals surface area contributed by atoms with Gasteiger partial charge >= 0.3 is 0 Å². The van der Waals surface area contributed by atoms with E-state index in [4.69, 9.17) is 14.2 Å². The van der Waals surface area contributed by atoms with Gasteiger partial charge < -0.3 is 19.1 Å². The first kappa shape index (κ1) is 22.8. The molecule has 2 aliphatic heterocycles. The summed E-state index contributed by atoms with van der Waals surface area (Å²) in [5.74, 6) is 1.36. The smallest absolute Gasteiger partial charge is 0.223 e. The zero-order chi connectivity index (χ0) is 23.6. The highest BCUT2D eigenvalue weighted by Crippen LogP contribution is 2.44. The summed E-state index contributed by atoms with van der Waals surface area (Å²) in [5.41, 5.74) is 1.52. The molecule has 7 nitrogen and oxygen atoms in total. The van der Waals surface area contributed by atoms with Crippen LogP contribution in [-0.2, 0) is 4.79 Å². The van der Waals surface area contributed by atoms with Crippen molar-refractivity contribution in [3.8, 4) is 17.2 Å². The molecule has 2 aromatic rings. The van der Waals surface area contributed by atoms with Gasteiger partial charge in [-0.05, 0) is 6.92 Å². The fraction of sp³-hybridized carbons (Fsp3) is 0.423. The Morgan fingerprint density at radius 1 is 1.03 bits per heavy atom. The van der Waals surface area contributed by atoms with E-state index in [9.17, 15) is 14.4 Å². The Hall–Kier alpha value is -3.35. The summed E-state index contributed by atoms with van der Waals surface area (Å²) in [6.45, 7) is 2.94. The maximum absolute atomic E-state index is 13.0. The summed E-state index contributed by atoms with van der Waals surface area (Å²) in [4.78, 5) is 39.9. The van der Waals surface area contributed by atoms with E-state index in [1.54, 1.807) is 36.3 Å². The number of likely N-dealkylation sites (tertiary alicyclic amines) is 1. The van der Waals surface area contributed by atoms with E-state index in [2.05, 4.69) is 0 Å². The second-order valence-corrected chi connectivity index (χ2v) is 8.76. The molecule has 0 radical (unpaired) electrons. The van der Waals surface area contributed by atoms with Crippen LogP contribution in [-0.4, -0.2) is 55.3 Å². The number of benzene rings is 2. The minimum atomic E-state index is -0.643. The van der Waals surface area contributed by atoms with Crippen LogP contribution in [0.25, 0.3) is 0 Å². The lowest BCUT2D eigenvalue weighted by Crippen LogP contribution is -2.52. The van der Waals surface area contributed by atoms with Gasteiger partial charge in [-0.25, -0.2) is 0 Å². The summed E-state index contributed by atoms with van der Waals surface area (Å²) in [6, 6.07) is 10.8. The molecule has 0 aliphatic carbocycles. The van der Waals surface area contributed by atoms with Gasteiger partial charge in [0.2, 0.25) is 5.91 Å². The SMILES string of the molecule is COc1cc(OC)c2c(c1)OC1(CCN(C(=O)CCC(=O)c3ccc(C)cc3)CC1)CC2=O. The van der Waals surface area contributed by atoms with Crippen molar-refractivity contribution in [2.45, 2.75) is 44.6 Å². The average molecular weight is 452 g/mol. The lowest BCUT2D eigenvalue weighted by molar-refractivity contribution is -0.134. The predicted molar refractivity (Wildman–Crippen MR) is 122 cm³/mol. The number of methoxy groups -OCH3 is 2. The van der Waals surface area contributed by atoms with Crippen LogP contribution < -0.4 is 14.2 Å². The fourth-order valence-electron chi connectivity index (χ4n) is 4.56. The van der Waals surface area contributed by atoms with Crippen molar-refractivity contribution in [1.82, 2.24) is 4.90 Å². The number of piperidine rings is 1. The maximum atomic E-state index is 13.0. The molecular formula is C26H29NO6. The van der Waals surface area contributed by atoms with Crippen molar-refractivity contribution in [2.75, 3.05) is 27.3 Å². The van der Waals surface area contributed by atoms with Crippen molar-refractivity contribution < 1.29 is 28.6 Å². The molecule has 4 rings (SSSR count). The van der Waals surface area contributed by atoms with E-state index >= 15 is 0 Å². The number of rotatable bonds is 6. The lowest BCUT2D eigenvalue weighted by atomic mass is 9.82. The summed E-state index contributed by atoms with van der Waals surface area (Å²) >= 11 is 0. The molecule has 1 saturated heterocycles. The molecule has 0 atom stereocenters. The highest BCUT2D eigenvalue weighted by atomic mass is 16.5. The van der Waals surface area contributed by atoms with Gasteiger partial charge in [0.15, 0.2) is 11.6 Å². The Morgan fingerprint density at radius 2 is 1.73 bits per heavy atom. The number of aryl methyl sites for hydroxylation is 1. The summed E-state index contributed by atoms with van der Waals surface area (Å²) in [7, 11) is 3.07. The van der Waals surface area contributed by atoms with Gasteiger partial charge in [-0.1, -0.05) is 29.8 Å². The molecule has 174 valence electrons. The van der Waals surface area contributed by atoms with E-state index in [1.807, 2.05) is 19.1 Å². The Balaban J connectivity index is 1.37. The van der Waals surface area contributed by atoms with Crippen LogP contribution in [0.5, 0.6) is 17.2 Å². The molecule has 2 aliphatic rings. The average Bonchev–Trinajstić information content (AvgIpc) is 2.82. The standard InChI is InChI=1S/C26H29NO6/c1-17-4-6-18(7-5-17)20(28)8-9-24(30)27-12-10-26(11-13-27)16-21(29)25-22(32-3)14-19(31-2)15-23(25)33-26/h4-7,14-15H,8-13,16H2,1-3H3. The van der Waals surface area contributed by atoms with E-state index in [1.165, 1.54) is 7.11 Å². The maximum Gasteiger partial charge on any atom is 0.223 e. The molecule has 33 heavy (non-hydrogen) atoms. The zero-order valence-corrected chi connectivity index (χ0v) is 19.3. The Kier molecular flexibility index (Phi) is 6.40. The Labute approximate surface area is 193 Å². The van der Waals surface area contributed by atoms with Gasteiger partial charge in [-0.2, -0.15) is 0 Å². The summed E-state index contributed by atoms with van der Waals surface area (Å²) < 4.78 is 17.0. The van der Waals surface area contributed by atoms with Gasteiger partial charge in [0.25, 0.3) is 0 Å². The zero-order valence-electron chi connectivity index (χ0n) is 19.3. The van der Waals surface area contributed by atoms with Crippen LogP contribution in [0.4, 0.5) is 0 Å². The molecule has 0 bridgehead atoms. The molecule has 0 unspecified atom stereocenters. The van der Waals surface area contributed by atoms with Crippen molar-refractivity contribution in [2.24, 2.45) is 0 Å². The fourth-order valence-corrected chi connectivity index (χ4v) is 4.56. The Bertz CT molecular complexity index is 1070. The number of nitrogens with zero attached hydrogens (tertiary/aromatic N) is 1. The molecule has 0 N–H and O–H groups in total. The third-order valence-corrected chi connectivity index (χ3v) is 6.55. The number of ketones is 2. The number of Topliss-reactive ketones (excluding diaryl/α,β-unsaturated/α-hetero) is 2. The van der Waals surface area contributed by atoms with E-state index in [0.717, 1.165) is 5.56 Å². The summed E-state index contributed by atoms with van der Waals surface area (Å²) in [6.07, 6.45) is 1.71. The molecule has 2 heterocycles. The van der Waals surface area contributed by atoms with E-state index in [-0.39, 0.29) is 36.7 Å². The number of hydrogen-bond acceptors (Lipinski definition) is 6. The molecule has 1 spiro atoms. The van der Waals surface area contributed by atoms with Crippen LogP contribution in [0, 0.1) is 6.92 Å². The molecule has 2 aromatic carbocycles. The van der Waals surface area contributed by atoms with E-state index in [0.29, 0.717) is 54.3 Å². The first-order chi connectivity index (χ1) is 15.8. The molecule has 0 aromatic heterocycles. The third-order valence-electron chi connectivity index (χ3n) is 6.55. The van der Waals surface area contributed by atoms with Gasteiger partial charge in [-0.3, -0.25) is 14.4 Å². The highest BCUT2D eigenvalue weighted by Gasteiger charge is 2.44. The van der Waals surface area contributed by atoms with Crippen LogP contribution >= 0.6 is 0 Å². The third kappa shape index (κ3) is 4.72. The topological polar surface area (TPSA) is 82.1 Å². The van der Waals surface area contributed by atoms with Crippen LogP contribution in [0.2, 0.25) is 0 Å². The minimum absolute atomic E-state index is 0.0285. The second-order valence-electron chi connectivity index (χ2n) is 8.76. The molecule has 1 amide bonds. The van der Waals surface area contributed by atoms with Crippen molar-refractivity contribution in [3.05, 3.63) is 53.1 Å². The number of amides is 1. The number of hydrogen-bond donors (Lipinski definition) is 0. The number of carbonyl (C=O) groups is 3. The Morgan fingerprint density at radius 3 is 2.36 bits per heavy atom. The van der Waals surface area contributed by atoms with Gasteiger partial charge in [0, 0.05) is 56.5 Å². The van der Waals surface area contributed by atoms with Crippen molar-refractivity contribution >= 4 is 17.5 Å². The predicted octanol–water partition coefficient (Wildman–Crippen LogP) is 4.00. The van der Waals surface area contributed by atoms with Crippen molar-refractivity contribution in [1.29, 1.82) is 0 Å².